The Morgan fingerprint density at radius 1 is 0.960 bits per heavy atom. The Balaban J connectivity index is 1.45. The predicted octanol–water partition coefficient (Wildman–Crippen LogP) is 2.72. The monoisotopic (exact) mass is 336 g/mol. The van der Waals surface area contributed by atoms with Gasteiger partial charge in [-0.2, -0.15) is 0 Å². The van der Waals surface area contributed by atoms with Crippen molar-refractivity contribution in [3.05, 3.63) is 66.2 Å². The van der Waals surface area contributed by atoms with E-state index in [1.807, 2.05) is 47.0 Å². The molecule has 0 atom stereocenters. The predicted molar refractivity (Wildman–Crippen MR) is 94.0 cm³/mol. The van der Waals surface area contributed by atoms with Gasteiger partial charge in [-0.25, -0.2) is 0 Å². The van der Waals surface area contributed by atoms with Crippen molar-refractivity contribution in [3.63, 3.8) is 0 Å². The third-order valence-corrected chi connectivity index (χ3v) is 4.10. The molecule has 2 aromatic carbocycles. The second-order valence-electron chi connectivity index (χ2n) is 5.85. The molecule has 0 saturated carbocycles. The van der Waals surface area contributed by atoms with E-state index in [0.29, 0.717) is 26.3 Å². The molecule has 0 radical (unpaired) electrons. The molecule has 1 aromatic heterocycles. The third kappa shape index (κ3) is 3.49. The Morgan fingerprint density at radius 3 is 2.76 bits per heavy atom. The number of nitrogens with zero attached hydrogens (tertiary/aromatic N) is 3. The van der Waals surface area contributed by atoms with Gasteiger partial charge in [0.1, 0.15) is 6.33 Å². The van der Waals surface area contributed by atoms with Crippen LogP contribution >= 0.6 is 0 Å². The van der Waals surface area contributed by atoms with Crippen LogP contribution in [0.15, 0.2) is 54.9 Å². The van der Waals surface area contributed by atoms with Crippen molar-refractivity contribution in [2.45, 2.75) is 19.5 Å². The first-order valence-electron chi connectivity index (χ1n) is 8.44. The van der Waals surface area contributed by atoms with Gasteiger partial charge in [0.05, 0.1) is 19.8 Å². The van der Waals surface area contributed by atoms with Crippen molar-refractivity contribution in [3.8, 4) is 17.2 Å². The number of para-hydroxylation sites is 2. The Morgan fingerprint density at radius 2 is 1.84 bits per heavy atom. The Kier molecular flexibility index (Phi) is 4.61. The fraction of sp³-hybridized carbons (Fsp3) is 0.263. The second kappa shape index (κ2) is 7.36. The molecule has 1 N–H and O–H groups in total. The van der Waals surface area contributed by atoms with E-state index in [-0.39, 0.29) is 0 Å². The van der Waals surface area contributed by atoms with Crippen LogP contribution in [0.1, 0.15) is 17.8 Å². The summed E-state index contributed by atoms with van der Waals surface area (Å²) >= 11 is 0. The van der Waals surface area contributed by atoms with E-state index >= 15 is 0 Å². The lowest BCUT2D eigenvalue weighted by atomic mass is 10.2. The zero-order valence-corrected chi connectivity index (χ0v) is 13.9. The summed E-state index contributed by atoms with van der Waals surface area (Å²) in [6, 6.07) is 16.1. The number of fused-ring (bicyclic) bond motifs is 1. The first kappa shape index (κ1) is 15.7. The molecule has 3 aromatic rings. The number of ether oxygens (including phenoxy) is 2. The summed E-state index contributed by atoms with van der Waals surface area (Å²) in [7, 11) is 0. The SMILES string of the molecule is c1ccc(-n2cnnc2CNCc2cccc3c2OCCCO3)cc1. The summed E-state index contributed by atoms with van der Waals surface area (Å²) < 4.78 is 13.6. The van der Waals surface area contributed by atoms with Crippen LogP contribution < -0.4 is 14.8 Å². The van der Waals surface area contributed by atoms with Gasteiger partial charge < -0.3 is 14.8 Å². The molecule has 0 amide bonds. The van der Waals surface area contributed by atoms with Crippen molar-refractivity contribution >= 4 is 0 Å². The molecule has 0 bridgehead atoms. The number of aromatic nitrogens is 3. The number of nitrogens with one attached hydrogen (secondary N) is 1. The summed E-state index contributed by atoms with van der Waals surface area (Å²) in [5.74, 6) is 2.53. The number of hydrogen-bond donors (Lipinski definition) is 1. The summed E-state index contributed by atoms with van der Waals surface area (Å²) in [5, 5.41) is 11.7. The molecule has 0 fully saturated rings. The van der Waals surface area contributed by atoms with Gasteiger partial charge in [0.15, 0.2) is 17.3 Å². The van der Waals surface area contributed by atoms with E-state index in [1.54, 1.807) is 6.33 Å². The maximum atomic E-state index is 5.86. The molecule has 0 spiro atoms. The maximum Gasteiger partial charge on any atom is 0.165 e. The van der Waals surface area contributed by atoms with Crippen LogP contribution in [0, 0.1) is 0 Å². The van der Waals surface area contributed by atoms with Gasteiger partial charge in [-0.3, -0.25) is 4.57 Å². The van der Waals surface area contributed by atoms with Crippen molar-refractivity contribution in [1.29, 1.82) is 0 Å². The summed E-state index contributed by atoms with van der Waals surface area (Å²) in [4.78, 5) is 0. The molecule has 0 aliphatic carbocycles. The molecular formula is C19H20N4O2. The molecule has 1 aliphatic rings. The van der Waals surface area contributed by atoms with Gasteiger partial charge in [-0.05, 0) is 18.2 Å². The van der Waals surface area contributed by atoms with Crippen molar-refractivity contribution in [1.82, 2.24) is 20.1 Å². The van der Waals surface area contributed by atoms with Crippen LogP contribution in [0.3, 0.4) is 0 Å². The van der Waals surface area contributed by atoms with Crippen LogP contribution in [-0.2, 0) is 13.1 Å². The Bertz CT molecular complexity index is 832. The number of hydrogen-bond acceptors (Lipinski definition) is 5. The second-order valence-corrected chi connectivity index (χ2v) is 5.85. The van der Waals surface area contributed by atoms with E-state index < -0.39 is 0 Å². The fourth-order valence-electron chi connectivity index (χ4n) is 2.89. The summed E-state index contributed by atoms with van der Waals surface area (Å²) in [6.07, 6.45) is 2.64. The molecule has 4 rings (SSSR count). The third-order valence-electron chi connectivity index (χ3n) is 4.10. The van der Waals surface area contributed by atoms with Crippen LogP contribution in [0.5, 0.6) is 11.5 Å². The lowest BCUT2D eigenvalue weighted by Gasteiger charge is -2.13. The normalized spacial score (nSPS) is 13.4. The minimum Gasteiger partial charge on any atom is -0.490 e. The first-order valence-corrected chi connectivity index (χ1v) is 8.44. The Hall–Kier alpha value is -2.86. The van der Waals surface area contributed by atoms with Crippen molar-refractivity contribution < 1.29 is 9.47 Å². The molecular weight excluding hydrogens is 316 g/mol. The smallest absolute Gasteiger partial charge is 0.165 e. The van der Waals surface area contributed by atoms with Gasteiger partial charge in [-0.15, -0.1) is 10.2 Å². The highest BCUT2D eigenvalue weighted by molar-refractivity contribution is 5.47. The van der Waals surface area contributed by atoms with Crippen LogP contribution in [0.25, 0.3) is 5.69 Å². The van der Waals surface area contributed by atoms with Crippen LogP contribution in [0.2, 0.25) is 0 Å². The van der Waals surface area contributed by atoms with Gasteiger partial charge in [-0.1, -0.05) is 30.3 Å². The summed E-state index contributed by atoms with van der Waals surface area (Å²) in [5.41, 5.74) is 2.14. The zero-order valence-electron chi connectivity index (χ0n) is 13.9. The van der Waals surface area contributed by atoms with Crippen molar-refractivity contribution in [2.24, 2.45) is 0 Å². The number of benzene rings is 2. The minimum absolute atomic E-state index is 0.611. The van der Waals surface area contributed by atoms with Crippen LogP contribution in [-0.4, -0.2) is 28.0 Å². The first-order chi connectivity index (χ1) is 12.4. The maximum absolute atomic E-state index is 5.86. The van der Waals surface area contributed by atoms with E-state index in [9.17, 15) is 0 Å². The van der Waals surface area contributed by atoms with E-state index in [1.165, 1.54) is 0 Å². The van der Waals surface area contributed by atoms with Gasteiger partial charge in [0.2, 0.25) is 0 Å². The van der Waals surface area contributed by atoms with Gasteiger partial charge in [0.25, 0.3) is 0 Å². The topological polar surface area (TPSA) is 61.2 Å². The molecule has 128 valence electrons. The molecule has 0 unspecified atom stereocenters. The standard InChI is InChI=1S/C19H20N4O2/c1-2-7-16(8-3-1)23-14-21-22-18(23)13-20-12-15-6-4-9-17-19(15)25-11-5-10-24-17/h1-4,6-9,14,20H,5,10-13H2. The Labute approximate surface area is 146 Å². The fourth-order valence-corrected chi connectivity index (χ4v) is 2.89. The zero-order chi connectivity index (χ0) is 16.9. The number of rotatable bonds is 5. The van der Waals surface area contributed by atoms with Gasteiger partial charge in [0, 0.05) is 24.2 Å². The van der Waals surface area contributed by atoms with Crippen LogP contribution in [0.4, 0.5) is 0 Å². The van der Waals surface area contributed by atoms with Crippen molar-refractivity contribution in [2.75, 3.05) is 13.2 Å². The molecule has 6 heteroatoms. The average molecular weight is 336 g/mol. The lowest BCUT2D eigenvalue weighted by molar-refractivity contribution is 0.296. The molecule has 2 heterocycles. The van der Waals surface area contributed by atoms with E-state index in [2.05, 4.69) is 21.6 Å². The quantitative estimate of drug-likeness (QED) is 0.776. The molecule has 6 nitrogen and oxygen atoms in total. The lowest BCUT2D eigenvalue weighted by Crippen LogP contribution is -2.17. The minimum atomic E-state index is 0.611. The van der Waals surface area contributed by atoms with E-state index in [0.717, 1.165) is 35.0 Å². The average Bonchev–Trinajstić information content (AvgIpc) is 2.98. The van der Waals surface area contributed by atoms with E-state index in [4.69, 9.17) is 9.47 Å². The van der Waals surface area contributed by atoms with Gasteiger partial charge >= 0.3 is 0 Å². The molecule has 25 heavy (non-hydrogen) atoms. The highest BCUT2D eigenvalue weighted by Gasteiger charge is 2.14. The summed E-state index contributed by atoms with van der Waals surface area (Å²) in [6.45, 7) is 2.67. The highest BCUT2D eigenvalue weighted by atomic mass is 16.5. The molecule has 0 saturated heterocycles. The highest BCUT2D eigenvalue weighted by Crippen LogP contribution is 2.33. The largest absolute Gasteiger partial charge is 0.490 e. The molecule has 1 aliphatic heterocycles.